The number of fused-ring (bicyclic) bond motifs is 1. The molecule has 92 valence electrons. The molecule has 6 heteroatoms. The van der Waals surface area contributed by atoms with Crippen LogP contribution in [-0.2, 0) is 0 Å². The topological polar surface area (TPSA) is 96.3 Å². The first-order chi connectivity index (χ1) is 7.77. The summed E-state index contributed by atoms with van der Waals surface area (Å²) in [6, 6.07) is 8.42. The second kappa shape index (κ2) is 5.39. The smallest absolute Gasteiger partial charge is 0.210 e. The van der Waals surface area contributed by atoms with Crippen molar-refractivity contribution in [3.05, 3.63) is 47.8 Å². The Morgan fingerprint density at radius 2 is 1.59 bits per heavy atom. The summed E-state index contributed by atoms with van der Waals surface area (Å²) in [4.78, 5) is 0. The lowest BCUT2D eigenvalue weighted by Crippen LogP contribution is -2.68. The van der Waals surface area contributed by atoms with Gasteiger partial charge in [0.05, 0.1) is 0 Å². The first-order valence-corrected chi connectivity index (χ1v) is 6.00. The molecular formula is C11H12ClNO4. The molecule has 0 bridgehead atoms. The first kappa shape index (κ1) is 13.8. The van der Waals surface area contributed by atoms with Crippen molar-refractivity contribution in [2.24, 2.45) is 0 Å². The van der Waals surface area contributed by atoms with Crippen molar-refractivity contribution in [3.63, 3.8) is 0 Å². The number of aromatic nitrogens is 1. The molecule has 17 heavy (non-hydrogen) atoms. The highest BCUT2D eigenvalue weighted by Crippen LogP contribution is 2.05. The molecule has 0 aliphatic rings. The van der Waals surface area contributed by atoms with Crippen molar-refractivity contribution < 1.29 is 33.3 Å². The lowest BCUT2D eigenvalue weighted by molar-refractivity contribution is -2.00. The SMILES string of the molecule is Cc1cc2cccc[n+]2cc1C.[O-][Cl+3]([O-])([O-])[O-]. The molecule has 0 unspecified atom stereocenters. The Hall–Kier alpha value is -1.24. The summed E-state index contributed by atoms with van der Waals surface area (Å²) in [6.45, 7) is 4.27. The fourth-order valence-corrected chi connectivity index (χ4v) is 1.36. The number of nitrogens with zero attached hydrogens (tertiary/aromatic N) is 1. The summed E-state index contributed by atoms with van der Waals surface area (Å²) in [6.07, 6.45) is 4.23. The molecule has 0 saturated carbocycles. The third-order valence-electron chi connectivity index (χ3n) is 2.24. The Labute approximate surface area is 101 Å². The van der Waals surface area contributed by atoms with E-state index in [1.165, 1.54) is 16.6 Å². The van der Waals surface area contributed by atoms with Gasteiger partial charge in [-0.1, -0.05) is 0 Å². The summed E-state index contributed by atoms with van der Waals surface area (Å²) >= 11 is 0. The van der Waals surface area contributed by atoms with Gasteiger partial charge in [0.15, 0.2) is 12.4 Å². The third kappa shape index (κ3) is 5.08. The third-order valence-corrected chi connectivity index (χ3v) is 2.24. The van der Waals surface area contributed by atoms with Crippen molar-refractivity contribution in [2.45, 2.75) is 13.8 Å². The van der Waals surface area contributed by atoms with Gasteiger partial charge in [0, 0.05) is 23.8 Å². The summed E-state index contributed by atoms with van der Waals surface area (Å²) in [5.41, 5.74) is 3.93. The fraction of sp³-hybridized carbons (Fsp3) is 0.182. The standard InChI is InChI=1S/C11H12N.ClHO4/c1-9-7-11-5-3-4-6-12(11)8-10(9)2;2-1(3,4)5/h3-8H,1-2H3;(H,2,3,4,5)/q+1;/p-1. The van der Waals surface area contributed by atoms with E-state index < -0.39 is 10.2 Å². The molecule has 2 heterocycles. The highest BCUT2D eigenvalue weighted by Gasteiger charge is 2.02. The Kier molecular flexibility index (Phi) is 4.39. The molecule has 2 aromatic rings. The Morgan fingerprint density at radius 1 is 1.00 bits per heavy atom. The van der Waals surface area contributed by atoms with Gasteiger partial charge in [-0.2, -0.15) is 4.40 Å². The zero-order valence-corrected chi connectivity index (χ0v) is 10.2. The molecule has 2 rings (SSSR count). The summed E-state index contributed by atoms with van der Waals surface area (Å²) in [7, 11) is -4.94. The summed E-state index contributed by atoms with van der Waals surface area (Å²) < 4.78 is 36.1. The lowest BCUT2D eigenvalue weighted by atomic mass is 10.1. The van der Waals surface area contributed by atoms with Gasteiger partial charge in [-0.05, 0) is 25.5 Å². The molecular weight excluding hydrogens is 246 g/mol. The Bertz CT molecular complexity index is 464. The summed E-state index contributed by atoms with van der Waals surface area (Å²) in [5.74, 6) is 0. The molecule has 2 aromatic heterocycles. The van der Waals surface area contributed by atoms with Crippen LogP contribution in [0.4, 0.5) is 0 Å². The van der Waals surface area contributed by atoms with Gasteiger partial charge in [-0.25, -0.2) is 18.6 Å². The van der Waals surface area contributed by atoms with E-state index >= 15 is 0 Å². The predicted molar refractivity (Wildman–Crippen MR) is 49.1 cm³/mol. The Morgan fingerprint density at radius 3 is 2.18 bits per heavy atom. The second-order valence-electron chi connectivity index (χ2n) is 3.55. The fourth-order valence-electron chi connectivity index (χ4n) is 1.36. The van der Waals surface area contributed by atoms with Crippen LogP contribution in [0.1, 0.15) is 11.1 Å². The number of aryl methyl sites for hydroxylation is 2. The number of hydrogen-bond acceptors (Lipinski definition) is 4. The predicted octanol–water partition coefficient (Wildman–Crippen LogP) is -2.71. The van der Waals surface area contributed by atoms with E-state index in [9.17, 15) is 0 Å². The first-order valence-electron chi connectivity index (χ1n) is 4.76. The van der Waals surface area contributed by atoms with E-state index in [2.05, 4.69) is 48.8 Å². The van der Waals surface area contributed by atoms with E-state index in [1.54, 1.807) is 0 Å². The average molecular weight is 258 g/mol. The molecule has 0 saturated heterocycles. The Balaban J connectivity index is 0.000000249. The van der Waals surface area contributed by atoms with Gasteiger partial charge < -0.3 is 0 Å². The highest BCUT2D eigenvalue weighted by atomic mass is 35.7. The van der Waals surface area contributed by atoms with Gasteiger partial charge in [0.25, 0.3) is 0 Å². The number of hydrogen-bond donors (Lipinski definition) is 0. The average Bonchev–Trinajstić information content (AvgIpc) is 2.17. The minimum Gasteiger partial charge on any atom is -0.222 e. The molecule has 0 atom stereocenters. The minimum absolute atomic E-state index is 1.25. The van der Waals surface area contributed by atoms with Crippen molar-refractivity contribution in [1.29, 1.82) is 0 Å². The maximum atomic E-state index is 8.49. The number of pyridine rings is 2. The van der Waals surface area contributed by atoms with Gasteiger partial charge in [0.1, 0.15) is 0 Å². The van der Waals surface area contributed by atoms with Crippen molar-refractivity contribution in [3.8, 4) is 0 Å². The van der Waals surface area contributed by atoms with Crippen molar-refractivity contribution in [2.75, 3.05) is 0 Å². The molecule has 0 spiro atoms. The van der Waals surface area contributed by atoms with Gasteiger partial charge in [0.2, 0.25) is 5.52 Å². The molecule has 0 fully saturated rings. The van der Waals surface area contributed by atoms with Gasteiger partial charge in [-0.15, -0.1) is 10.2 Å². The van der Waals surface area contributed by atoms with Crippen LogP contribution in [0.2, 0.25) is 0 Å². The maximum absolute atomic E-state index is 8.49. The normalized spacial score (nSPS) is 10.9. The largest absolute Gasteiger partial charge is 0.222 e. The minimum atomic E-state index is -4.94. The van der Waals surface area contributed by atoms with Crippen LogP contribution >= 0.6 is 0 Å². The van der Waals surface area contributed by atoms with Crippen LogP contribution in [0.5, 0.6) is 0 Å². The maximum Gasteiger partial charge on any atom is 0.210 e. The van der Waals surface area contributed by atoms with E-state index in [4.69, 9.17) is 18.6 Å². The number of halogens is 1. The highest BCUT2D eigenvalue weighted by molar-refractivity contribution is 5.42. The zero-order valence-electron chi connectivity index (χ0n) is 9.42. The van der Waals surface area contributed by atoms with E-state index in [0.29, 0.717) is 0 Å². The van der Waals surface area contributed by atoms with E-state index in [1.807, 2.05) is 6.07 Å². The molecule has 0 aliphatic heterocycles. The molecule has 5 nitrogen and oxygen atoms in total. The number of rotatable bonds is 0. The van der Waals surface area contributed by atoms with E-state index in [0.717, 1.165) is 0 Å². The van der Waals surface area contributed by atoms with Gasteiger partial charge >= 0.3 is 0 Å². The van der Waals surface area contributed by atoms with Gasteiger partial charge in [-0.3, -0.25) is 0 Å². The lowest BCUT2D eigenvalue weighted by Gasteiger charge is -2.17. The van der Waals surface area contributed by atoms with Crippen LogP contribution in [0.15, 0.2) is 36.7 Å². The van der Waals surface area contributed by atoms with Crippen molar-refractivity contribution >= 4 is 5.52 Å². The van der Waals surface area contributed by atoms with Crippen molar-refractivity contribution in [1.82, 2.24) is 0 Å². The van der Waals surface area contributed by atoms with Crippen LogP contribution in [0, 0.1) is 24.1 Å². The molecule has 0 radical (unpaired) electrons. The van der Waals surface area contributed by atoms with Crippen LogP contribution in [0.25, 0.3) is 5.52 Å². The van der Waals surface area contributed by atoms with Crippen LogP contribution in [0.3, 0.4) is 0 Å². The quantitative estimate of drug-likeness (QED) is 0.479. The molecule has 0 N–H and O–H groups in total. The molecule has 0 amide bonds. The van der Waals surface area contributed by atoms with Crippen LogP contribution in [-0.4, -0.2) is 0 Å². The van der Waals surface area contributed by atoms with E-state index in [-0.39, 0.29) is 0 Å². The monoisotopic (exact) mass is 257 g/mol. The zero-order chi connectivity index (χ0) is 13.1. The second-order valence-corrected chi connectivity index (χ2v) is 4.31. The molecule has 0 aromatic carbocycles. The molecule has 0 aliphatic carbocycles. The summed E-state index contributed by atoms with van der Waals surface area (Å²) in [5, 5.41) is 0. The van der Waals surface area contributed by atoms with Crippen LogP contribution < -0.4 is 23.0 Å².